The minimum Gasteiger partial charge on any atom is -0.306 e. The maximum atomic E-state index is 7.70. The molecule has 0 saturated heterocycles. The van der Waals surface area contributed by atoms with Crippen LogP contribution in [0, 0.1) is 5.41 Å². The molecule has 1 aromatic carbocycles. The molecule has 1 rings (SSSR count). The zero-order valence-electron chi connectivity index (χ0n) is 8.26. The van der Waals surface area contributed by atoms with Crippen molar-refractivity contribution in [1.29, 1.82) is 5.41 Å². The van der Waals surface area contributed by atoms with Crippen LogP contribution in [-0.2, 0) is 0 Å². The highest BCUT2D eigenvalue weighted by atomic mass is 79.9. The van der Waals surface area contributed by atoms with Crippen LogP contribution >= 0.6 is 15.9 Å². The van der Waals surface area contributed by atoms with Gasteiger partial charge in [0.05, 0.1) is 0 Å². The molecule has 0 aliphatic heterocycles. The molecule has 0 heterocycles. The average Bonchev–Trinajstić information content (AvgIpc) is 2.15. The first-order valence-electron chi connectivity index (χ1n) is 4.45. The summed E-state index contributed by atoms with van der Waals surface area (Å²) in [6.07, 6.45) is 0. The zero-order chi connectivity index (χ0) is 10.6. The van der Waals surface area contributed by atoms with Gasteiger partial charge in [-0.1, -0.05) is 28.1 Å². The molecule has 0 radical (unpaired) electrons. The van der Waals surface area contributed by atoms with E-state index in [1.807, 2.05) is 38.1 Å². The highest BCUT2D eigenvalue weighted by Gasteiger charge is 2.00. The van der Waals surface area contributed by atoms with Gasteiger partial charge in [-0.2, -0.15) is 0 Å². The SMILES string of the molecule is CC(C)NNC(=N)c1ccc(Br)cc1. The number of hydrogen-bond acceptors (Lipinski definition) is 2. The second-order valence-corrected chi connectivity index (χ2v) is 4.22. The Bertz CT molecular complexity index is 306. The van der Waals surface area contributed by atoms with E-state index < -0.39 is 0 Å². The van der Waals surface area contributed by atoms with Crippen LogP contribution in [0.2, 0.25) is 0 Å². The molecule has 3 nitrogen and oxygen atoms in total. The van der Waals surface area contributed by atoms with Gasteiger partial charge in [-0.3, -0.25) is 5.41 Å². The standard InChI is InChI=1S/C10H14BrN3/c1-7(2)13-14-10(12)8-3-5-9(11)6-4-8/h3-7,13H,1-2H3,(H2,12,14). The highest BCUT2D eigenvalue weighted by Crippen LogP contribution is 2.09. The highest BCUT2D eigenvalue weighted by molar-refractivity contribution is 9.10. The third kappa shape index (κ3) is 3.47. The minimum atomic E-state index is 0.311. The van der Waals surface area contributed by atoms with Gasteiger partial charge in [-0.15, -0.1) is 0 Å². The van der Waals surface area contributed by atoms with Crippen molar-refractivity contribution in [2.75, 3.05) is 0 Å². The van der Waals surface area contributed by atoms with E-state index in [0.717, 1.165) is 10.0 Å². The molecular formula is C10H14BrN3. The van der Waals surface area contributed by atoms with E-state index in [1.54, 1.807) is 0 Å². The van der Waals surface area contributed by atoms with E-state index in [4.69, 9.17) is 5.41 Å². The first-order valence-corrected chi connectivity index (χ1v) is 5.25. The van der Waals surface area contributed by atoms with Gasteiger partial charge in [-0.05, 0) is 26.0 Å². The lowest BCUT2D eigenvalue weighted by molar-refractivity contribution is 0.557. The number of halogens is 1. The van der Waals surface area contributed by atoms with E-state index in [-0.39, 0.29) is 0 Å². The van der Waals surface area contributed by atoms with Crippen LogP contribution < -0.4 is 10.9 Å². The van der Waals surface area contributed by atoms with Crippen molar-refractivity contribution in [3.05, 3.63) is 34.3 Å². The van der Waals surface area contributed by atoms with Crippen LogP contribution in [0.1, 0.15) is 19.4 Å². The molecule has 0 amide bonds. The molecular weight excluding hydrogens is 242 g/mol. The molecule has 0 spiro atoms. The van der Waals surface area contributed by atoms with Crippen molar-refractivity contribution in [2.45, 2.75) is 19.9 Å². The summed E-state index contributed by atoms with van der Waals surface area (Å²) in [4.78, 5) is 0. The van der Waals surface area contributed by atoms with Crippen LogP contribution in [-0.4, -0.2) is 11.9 Å². The molecule has 3 N–H and O–H groups in total. The van der Waals surface area contributed by atoms with E-state index in [1.165, 1.54) is 0 Å². The lowest BCUT2D eigenvalue weighted by Crippen LogP contribution is -2.41. The van der Waals surface area contributed by atoms with Crippen molar-refractivity contribution in [3.63, 3.8) is 0 Å². The Kier molecular flexibility index (Phi) is 4.10. The molecule has 0 fully saturated rings. The number of rotatable bonds is 3. The van der Waals surface area contributed by atoms with Crippen molar-refractivity contribution in [1.82, 2.24) is 10.9 Å². The number of hydrogen-bond donors (Lipinski definition) is 3. The summed E-state index contributed by atoms with van der Waals surface area (Å²) >= 11 is 3.35. The average molecular weight is 256 g/mol. The molecule has 14 heavy (non-hydrogen) atoms. The van der Waals surface area contributed by atoms with Gasteiger partial charge in [0.1, 0.15) is 5.84 Å². The lowest BCUT2D eigenvalue weighted by Gasteiger charge is -2.12. The molecule has 4 heteroatoms. The van der Waals surface area contributed by atoms with E-state index in [0.29, 0.717) is 11.9 Å². The Hall–Kier alpha value is -0.870. The number of benzene rings is 1. The van der Waals surface area contributed by atoms with Crippen LogP contribution in [0.25, 0.3) is 0 Å². The third-order valence-electron chi connectivity index (χ3n) is 1.62. The Morgan fingerprint density at radius 1 is 1.29 bits per heavy atom. The van der Waals surface area contributed by atoms with Crippen molar-refractivity contribution >= 4 is 21.8 Å². The summed E-state index contributed by atoms with van der Waals surface area (Å²) in [6, 6.07) is 7.93. The smallest absolute Gasteiger partial charge is 0.139 e. The largest absolute Gasteiger partial charge is 0.306 e. The fourth-order valence-corrected chi connectivity index (χ4v) is 1.17. The van der Waals surface area contributed by atoms with Gasteiger partial charge in [0.2, 0.25) is 0 Å². The van der Waals surface area contributed by atoms with Gasteiger partial charge in [0, 0.05) is 16.1 Å². The quantitative estimate of drug-likeness (QED) is 0.441. The van der Waals surface area contributed by atoms with E-state index in [9.17, 15) is 0 Å². The molecule has 0 aliphatic rings. The third-order valence-corrected chi connectivity index (χ3v) is 2.15. The molecule has 0 aliphatic carbocycles. The van der Waals surface area contributed by atoms with Crippen molar-refractivity contribution < 1.29 is 0 Å². The van der Waals surface area contributed by atoms with Gasteiger partial charge >= 0.3 is 0 Å². The summed E-state index contributed by atoms with van der Waals surface area (Å²) in [5, 5.41) is 7.70. The summed E-state index contributed by atoms with van der Waals surface area (Å²) in [5.74, 6) is 0.381. The normalized spacial score (nSPS) is 10.3. The molecule has 0 atom stereocenters. The van der Waals surface area contributed by atoms with Crippen molar-refractivity contribution in [3.8, 4) is 0 Å². The Morgan fingerprint density at radius 3 is 2.36 bits per heavy atom. The minimum absolute atomic E-state index is 0.311. The maximum absolute atomic E-state index is 7.70. The Balaban J connectivity index is 2.57. The van der Waals surface area contributed by atoms with Crippen LogP contribution in [0.4, 0.5) is 0 Å². The first-order chi connectivity index (χ1) is 6.59. The first kappa shape index (κ1) is 11.2. The van der Waals surface area contributed by atoms with Gasteiger partial charge in [0.15, 0.2) is 0 Å². The zero-order valence-corrected chi connectivity index (χ0v) is 9.85. The van der Waals surface area contributed by atoms with Crippen LogP contribution in [0.3, 0.4) is 0 Å². The second kappa shape index (κ2) is 5.12. The monoisotopic (exact) mass is 255 g/mol. The predicted molar refractivity (Wildman–Crippen MR) is 62.4 cm³/mol. The predicted octanol–water partition coefficient (Wildman–Crippen LogP) is 2.28. The number of amidine groups is 1. The van der Waals surface area contributed by atoms with Crippen LogP contribution in [0.5, 0.6) is 0 Å². The molecule has 1 aromatic rings. The summed E-state index contributed by atoms with van der Waals surface area (Å²) in [6.45, 7) is 4.03. The molecule has 0 unspecified atom stereocenters. The van der Waals surface area contributed by atoms with E-state index in [2.05, 4.69) is 26.8 Å². The topological polar surface area (TPSA) is 47.9 Å². The Morgan fingerprint density at radius 2 is 1.86 bits per heavy atom. The van der Waals surface area contributed by atoms with Gasteiger partial charge in [0.25, 0.3) is 0 Å². The number of nitrogens with one attached hydrogen (secondary N) is 3. The molecule has 76 valence electrons. The van der Waals surface area contributed by atoms with Crippen LogP contribution in [0.15, 0.2) is 28.7 Å². The maximum Gasteiger partial charge on any atom is 0.139 e. The van der Waals surface area contributed by atoms with E-state index >= 15 is 0 Å². The fraction of sp³-hybridized carbons (Fsp3) is 0.300. The summed E-state index contributed by atoms with van der Waals surface area (Å²) in [5.41, 5.74) is 6.67. The molecule has 0 saturated carbocycles. The van der Waals surface area contributed by atoms with Gasteiger partial charge in [-0.25, -0.2) is 5.43 Å². The summed E-state index contributed by atoms with van der Waals surface area (Å²) < 4.78 is 1.02. The number of hydrazine groups is 1. The summed E-state index contributed by atoms with van der Waals surface area (Å²) in [7, 11) is 0. The van der Waals surface area contributed by atoms with Gasteiger partial charge < -0.3 is 5.43 Å². The molecule has 0 aromatic heterocycles. The van der Waals surface area contributed by atoms with Crippen molar-refractivity contribution in [2.24, 2.45) is 0 Å². The molecule has 0 bridgehead atoms. The lowest BCUT2D eigenvalue weighted by atomic mass is 10.2. The second-order valence-electron chi connectivity index (χ2n) is 3.31. The fourth-order valence-electron chi connectivity index (χ4n) is 0.905. The Labute approximate surface area is 92.5 Å².